The van der Waals surface area contributed by atoms with Crippen molar-refractivity contribution in [2.75, 3.05) is 13.1 Å². The highest BCUT2D eigenvalue weighted by molar-refractivity contribution is 5.40. The Morgan fingerprint density at radius 1 is 0.952 bits per heavy atom. The van der Waals surface area contributed by atoms with E-state index in [9.17, 15) is 5.11 Å². The monoisotopic (exact) mass is 281 g/mol. The molecular weight excluding hydrogens is 258 g/mol. The van der Waals surface area contributed by atoms with E-state index in [0.717, 1.165) is 19.5 Å². The van der Waals surface area contributed by atoms with Crippen molar-refractivity contribution < 1.29 is 5.11 Å². The number of hydrogen-bond donors (Lipinski definition) is 1. The van der Waals surface area contributed by atoms with E-state index < -0.39 is 0 Å². The second kappa shape index (κ2) is 6.00. The number of hydrogen-bond acceptors (Lipinski definition) is 2. The average molecular weight is 281 g/mol. The van der Waals surface area contributed by atoms with E-state index in [1.54, 1.807) is 0 Å². The van der Waals surface area contributed by atoms with E-state index in [0.29, 0.717) is 0 Å². The maximum absolute atomic E-state index is 9.94. The van der Waals surface area contributed by atoms with Crippen LogP contribution in [-0.4, -0.2) is 29.2 Å². The molecule has 0 amide bonds. The molecule has 1 atom stereocenters. The number of likely N-dealkylation sites (tertiary alicyclic amines) is 1. The van der Waals surface area contributed by atoms with Gasteiger partial charge in [0.15, 0.2) is 0 Å². The zero-order valence-corrected chi connectivity index (χ0v) is 12.8. The van der Waals surface area contributed by atoms with Crippen molar-refractivity contribution >= 4 is 0 Å². The van der Waals surface area contributed by atoms with Crippen molar-refractivity contribution in [3.05, 3.63) is 70.8 Å². The lowest BCUT2D eigenvalue weighted by molar-refractivity contribution is 0.167. The number of aliphatic hydroxyl groups excluding tert-OH is 1. The highest BCUT2D eigenvalue weighted by atomic mass is 16.3. The van der Waals surface area contributed by atoms with Crippen molar-refractivity contribution in [3.8, 4) is 0 Å². The van der Waals surface area contributed by atoms with Gasteiger partial charge in [-0.1, -0.05) is 48.5 Å². The average Bonchev–Trinajstić information content (AvgIpc) is 2.90. The fraction of sp³-hybridized carbons (Fsp3) is 0.368. The first-order valence-electron chi connectivity index (χ1n) is 7.70. The molecule has 2 aromatic carbocycles. The molecule has 0 bridgehead atoms. The fourth-order valence-corrected chi connectivity index (χ4v) is 3.35. The summed E-state index contributed by atoms with van der Waals surface area (Å²) >= 11 is 0. The van der Waals surface area contributed by atoms with E-state index in [1.165, 1.54) is 22.3 Å². The van der Waals surface area contributed by atoms with Crippen molar-refractivity contribution in [3.63, 3.8) is 0 Å². The second-order valence-corrected chi connectivity index (χ2v) is 6.05. The molecule has 0 spiro atoms. The minimum Gasteiger partial charge on any atom is -0.392 e. The molecule has 1 aliphatic rings. The molecule has 1 heterocycles. The molecule has 21 heavy (non-hydrogen) atoms. The first-order chi connectivity index (χ1) is 10.2. The van der Waals surface area contributed by atoms with Crippen molar-refractivity contribution in [1.82, 2.24) is 4.90 Å². The third-order valence-electron chi connectivity index (χ3n) is 4.53. The van der Waals surface area contributed by atoms with E-state index in [-0.39, 0.29) is 12.1 Å². The number of aryl methyl sites for hydroxylation is 2. The van der Waals surface area contributed by atoms with Gasteiger partial charge in [0, 0.05) is 13.1 Å². The summed E-state index contributed by atoms with van der Waals surface area (Å²) in [5, 5.41) is 9.94. The minimum absolute atomic E-state index is 0.194. The Kier molecular flexibility index (Phi) is 4.09. The van der Waals surface area contributed by atoms with Crippen LogP contribution in [0.2, 0.25) is 0 Å². The molecule has 1 fully saturated rings. The Balaban J connectivity index is 2.08. The first kappa shape index (κ1) is 14.3. The van der Waals surface area contributed by atoms with E-state index >= 15 is 0 Å². The highest BCUT2D eigenvalue weighted by Gasteiger charge is 2.30. The molecule has 0 aromatic heterocycles. The summed E-state index contributed by atoms with van der Waals surface area (Å²) in [6, 6.07) is 17.4. The van der Waals surface area contributed by atoms with Gasteiger partial charge in [0.2, 0.25) is 0 Å². The highest BCUT2D eigenvalue weighted by Crippen LogP contribution is 2.34. The third kappa shape index (κ3) is 2.87. The normalized spacial score (nSPS) is 19.3. The predicted molar refractivity (Wildman–Crippen MR) is 86.4 cm³/mol. The third-order valence-corrected chi connectivity index (χ3v) is 4.53. The summed E-state index contributed by atoms with van der Waals surface area (Å²) in [5.41, 5.74) is 5.32. The lowest BCUT2D eigenvalue weighted by atomic mass is 9.91. The molecule has 2 nitrogen and oxygen atoms in total. The number of nitrogens with zero attached hydrogens (tertiary/aromatic N) is 1. The molecule has 0 radical (unpaired) electrons. The predicted octanol–water partition coefficient (Wildman–Crippen LogP) is 3.46. The largest absolute Gasteiger partial charge is 0.392 e. The van der Waals surface area contributed by atoms with E-state index in [2.05, 4.69) is 67.3 Å². The summed E-state index contributed by atoms with van der Waals surface area (Å²) in [7, 11) is 0. The maximum Gasteiger partial charge on any atom is 0.0679 e. The molecule has 3 rings (SSSR count). The van der Waals surface area contributed by atoms with Crippen molar-refractivity contribution in [2.45, 2.75) is 32.4 Å². The van der Waals surface area contributed by atoms with Crippen LogP contribution in [0.4, 0.5) is 0 Å². The molecule has 0 aliphatic carbocycles. The molecule has 1 aliphatic heterocycles. The van der Waals surface area contributed by atoms with Gasteiger partial charge in [-0.25, -0.2) is 0 Å². The SMILES string of the molecule is Cc1ccccc1C(c1ccccc1C)N1CCC(O)C1. The maximum atomic E-state index is 9.94. The Bertz CT molecular complexity index is 577. The first-order valence-corrected chi connectivity index (χ1v) is 7.70. The van der Waals surface area contributed by atoms with Crippen molar-refractivity contribution in [1.29, 1.82) is 0 Å². The van der Waals surface area contributed by atoms with Gasteiger partial charge >= 0.3 is 0 Å². The summed E-state index contributed by atoms with van der Waals surface area (Å²) in [6.07, 6.45) is 0.675. The van der Waals surface area contributed by atoms with Gasteiger partial charge in [-0.2, -0.15) is 0 Å². The fourth-order valence-electron chi connectivity index (χ4n) is 3.35. The quantitative estimate of drug-likeness (QED) is 0.931. The van der Waals surface area contributed by atoms with E-state index in [4.69, 9.17) is 0 Å². The van der Waals surface area contributed by atoms with Crippen LogP contribution in [0.1, 0.15) is 34.7 Å². The van der Waals surface area contributed by atoms with Crippen LogP contribution in [-0.2, 0) is 0 Å². The van der Waals surface area contributed by atoms with Crippen molar-refractivity contribution in [2.24, 2.45) is 0 Å². The Morgan fingerprint density at radius 3 is 1.90 bits per heavy atom. The molecule has 1 unspecified atom stereocenters. The molecule has 1 saturated heterocycles. The van der Waals surface area contributed by atoms with Crippen LogP contribution >= 0.6 is 0 Å². The molecule has 1 N–H and O–H groups in total. The Morgan fingerprint density at radius 2 is 1.48 bits per heavy atom. The Labute approximate surface area is 127 Å². The van der Waals surface area contributed by atoms with Crippen LogP contribution in [0.5, 0.6) is 0 Å². The lowest BCUT2D eigenvalue weighted by Gasteiger charge is -2.31. The number of aliphatic hydroxyl groups is 1. The zero-order valence-electron chi connectivity index (χ0n) is 12.8. The van der Waals surface area contributed by atoms with Crippen LogP contribution < -0.4 is 0 Å². The van der Waals surface area contributed by atoms with Crippen LogP contribution in [0.3, 0.4) is 0 Å². The topological polar surface area (TPSA) is 23.5 Å². The second-order valence-electron chi connectivity index (χ2n) is 6.05. The van der Waals surface area contributed by atoms with Gasteiger partial charge in [0.1, 0.15) is 0 Å². The van der Waals surface area contributed by atoms with Gasteiger partial charge in [-0.15, -0.1) is 0 Å². The van der Waals surface area contributed by atoms with Crippen LogP contribution in [0, 0.1) is 13.8 Å². The molecule has 2 heteroatoms. The van der Waals surface area contributed by atoms with Gasteiger partial charge in [-0.05, 0) is 42.5 Å². The summed E-state index contributed by atoms with van der Waals surface area (Å²) in [4.78, 5) is 2.41. The Hall–Kier alpha value is -1.64. The minimum atomic E-state index is -0.194. The lowest BCUT2D eigenvalue weighted by Crippen LogP contribution is -2.29. The number of β-amino-alcohol motifs (C(OH)–C–C–N with tert-alkyl or cyclic N) is 1. The van der Waals surface area contributed by atoms with Crippen LogP contribution in [0.15, 0.2) is 48.5 Å². The van der Waals surface area contributed by atoms with Gasteiger partial charge in [0.05, 0.1) is 12.1 Å². The van der Waals surface area contributed by atoms with Crippen LogP contribution in [0.25, 0.3) is 0 Å². The van der Waals surface area contributed by atoms with Gasteiger partial charge in [0.25, 0.3) is 0 Å². The zero-order chi connectivity index (χ0) is 14.8. The number of rotatable bonds is 3. The van der Waals surface area contributed by atoms with Gasteiger partial charge < -0.3 is 5.11 Å². The molecule has 2 aromatic rings. The summed E-state index contributed by atoms with van der Waals surface area (Å²) < 4.78 is 0. The molecular formula is C19H23NO. The standard InChI is InChI=1S/C19H23NO/c1-14-7-3-5-9-17(14)19(20-12-11-16(21)13-20)18-10-6-4-8-15(18)2/h3-10,16,19,21H,11-13H2,1-2H3. The smallest absolute Gasteiger partial charge is 0.0679 e. The molecule has 110 valence electrons. The number of benzene rings is 2. The van der Waals surface area contributed by atoms with Gasteiger partial charge in [-0.3, -0.25) is 4.90 Å². The summed E-state index contributed by atoms with van der Waals surface area (Å²) in [6.45, 7) is 6.06. The summed E-state index contributed by atoms with van der Waals surface area (Å²) in [5.74, 6) is 0. The van der Waals surface area contributed by atoms with E-state index in [1.807, 2.05) is 0 Å². The molecule has 0 saturated carbocycles.